The molecule has 2 saturated heterocycles. The lowest BCUT2D eigenvalue weighted by Crippen LogP contribution is -2.37. The summed E-state index contributed by atoms with van der Waals surface area (Å²) >= 11 is 1.37. The van der Waals surface area contributed by atoms with Crippen molar-refractivity contribution in [1.82, 2.24) is 14.8 Å². The van der Waals surface area contributed by atoms with Crippen LogP contribution < -0.4 is 9.80 Å². The highest BCUT2D eigenvalue weighted by molar-refractivity contribution is 7.99. The Morgan fingerprint density at radius 3 is 2.56 bits per heavy atom. The quantitative estimate of drug-likeness (QED) is 0.380. The number of anilines is 2. The van der Waals surface area contributed by atoms with E-state index in [1.807, 2.05) is 34.9 Å². The minimum Gasteiger partial charge on any atom is -0.378 e. The number of ether oxygens (including phenoxy) is 1. The maximum absolute atomic E-state index is 13.1. The molecule has 9 heteroatoms. The van der Waals surface area contributed by atoms with Crippen molar-refractivity contribution in [2.45, 2.75) is 24.9 Å². The molecule has 0 atom stereocenters. The summed E-state index contributed by atoms with van der Waals surface area (Å²) in [7, 11) is 0. The summed E-state index contributed by atoms with van der Waals surface area (Å²) in [4.78, 5) is 29.1. The lowest BCUT2D eigenvalue weighted by atomic mass is 10.1. The van der Waals surface area contributed by atoms with E-state index in [1.54, 1.807) is 11.0 Å². The molecule has 0 N–H and O–H groups in total. The van der Waals surface area contributed by atoms with Gasteiger partial charge in [0, 0.05) is 37.3 Å². The van der Waals surface area contributed by atoms with Crippen LogP contribution in [0.3, 0.4) is 0 Å². The number of morpholine rings is 1. The summed E-state index contributed by atoms with van der Waals surface area (Å²) in [6, 6.07) is 15.6. The van der Waals surface area contributed by atoms with Gasteiger partial charge in [-0.2, -0.15) is 0 Å². The highest BCUT2D eigenvalue weighted by atomic mass is 32.2. The monoisotopic (exact) mass is 477 g/mol. The minimum atomic E-state index is -0.00938. The molecule has 34 heavy (non-hydrogen) atoms. The molecule has 1 aromatic heterocycles. The number of carbonyl (C=O) groups excluding carboxylic acids is 2. The van der Waals surface area contributed by atoms with Crippen molar-refractivity contribution in [3.05, 3.63) is 59.7 Å². The van der Waals surface area contributed by atoms with Gasteiger partial charge >= 0.3 is 0 Å². The third-order valence-electron chi connectivity index (χ3n) is 6.09. The Bertz CT molecular complexity index is 1190. The molecule has 2 aliphatic rings. The van der Waals surface area contributed by atoms with E-state index < -0.39 is 0 Å². The van der Waals surface area contributed by atoms with E-state index in [0.717, 1.165) is 36.8 Å². The first-order chi connectivity index (χ1) is 16.6. The zero-order chi connectivity index (χ0) is 23.5. The Balaban J connectivity index is 1.37. The molecule has 2 fully saturated rings. The normalized spacial score (nSPS) is 16.3. The van der Waals surface area contributed by atoms with Crippen LogP contribution in [0.1, 0.15) is 28.8 Å². The Labute approximate surface area is 202 Å². The zero-order valence-corrected chi connectivity index (χ0v) is 20.0. The average Bonchev–Trinajstić information content (AvgIpc) is 3.50. The molecule has 0 spiro atoms. The number of hydrogen-bond acceptors (Lipinski definition) is 7. The van der Waals surface area contributed by atoms with E-state index in [-0.39, 0.29) is 17.4 Å². The highest BCUT2D eigenvalue weighted by Gasteiger charge is 2.24. The predicted molar refractivity (Wildman–Crippen MR) is 132 cm³/mol. The van der Waals surface area contributed by atoms with Crippen LogP contribution in [-0.2, 0) is 9.53 Å². The Morgan fingerprint density at radius 2 is 1.82 bits per heavy atom. The van der Waals surface area contributed by atoms with Gasteiger partial charge in [-0.1, -0.05) is 41.6 Å². The number of rotatable bonds is 7. The molecule has 3 heterocycles. The molecular formula is C25H27N5O3S. The van der Waals surface area contributed by atoms with E-state index in [9.17, 15) is 9.59 Å². The molecule has 1 amide bonds. The van der Waals surface area contributed by atoms with Crippen molar-refractivity contribution in [3.63, 3.8) is 0 Å². The number of benzene rings is 2. The second kappa shape index (κ2) is 9.99. The first-order valence-corrected chi connectivity index (χ1v) is 12.5. The average molecular weight is 478 g/mol. The van der Waals surface area contributed by atoms with Gasteiger partial charge < -0.3 is 14.5 Å². The lowest BCUT2D eigenvalue weighted by Gasteiger charge is -2.28. The number of nitrogens with zero attached hydrogens (tertiary/aromatic N) is 5. The summed E-state index contributed by atoms with van der Waals surface area (Å²) in [5.41, 5.74) is 3.52. The maximum Gasteiger partial charge on any atom is 0.232 e. The Hall–Kier alpha value is -3.17. The molecule has 0 bridgehead atoms. The first-order valence-electron chi connectivity index (χ1n) is 11.5. The van der Waals surface area contributed by atoms with E-state index in [2.05, 4.69) is 34.2 Å². The summed E-state index contributed by atoms with van der Waals surface area (Å²) in [5, 5.41) is 9.58. The molecule has 2 aromatic carbocycles. The molecule has 5 rings (SSSR count). The van der Waals surface area contributed by atoms with Gasteiger partial charge in [-0.15, -0.1) is 10.2 Å². The smallest absolute Gasteiger partial charge is 0.232 e. The maximum atomic E-state index is 13.1. The standard InChI is InChI=1S/C25H27N5O3S/c1-18-7-9-20(10-8-18)30-24(28-12-14-33-15-13-28)26-27-25(30)34-17-22(31)19-4-2-5-21(16-19)29-11-3-6-23(29)32/h2,4-5,7-10,16H,3,6,11-15,17H2,1H3. The number of aryl methyl sites for hydroxylation is 1. The largest absolute Gasteiger partial charge is 0.378 e. The van der Waals surface area contributed by atoms with Crippen molar-refractivity contribution in [2.75, 3.05) is 48.4 Å². The fourth-order valence-electron chi connectivity index (χ4n) is 4.23. The number of carbonyl (C=O) groups is 2. The van der Waals surface area contributed by atoms with Crippen LogP contribution in [0.2, 0.25) is 0 Å². The number of thioether (sulfide) groups is 1. The molecule has 0 radical (unpaired) electrons. The van der Waals surface area contributed by atoms with Gasteiger partial charge in [0.1, 0.15) is 0 Å². The van der Waals surface area contributed by atoms with Gasteiger partial charge in [-0.25, -0.2) is 0 Å². The van der Waals surface area contributed by atoms with Gasteiger partial charge in [0.15, 0.2) is 10.9 Å². The van der Waals surface area contributed by atoms with Crippen molar-refractivity contribution in [1.29, 1.82) is 0 Å². The second-order valence-corrected chi connectivity index (χ2v) is 9.41. The summed E-state index contributed by atoms with van der Waals surface area (Å²) in [6.07, 6.45) is 1.42. The molecule has 2 aliphatic heterocycles. The SMILES string of the molecule is Cc1ccc(-n2c(SCC(=O)c3cccc(N4CCCC4=O)c3)nnc2N2CCOCC2)cc1. The van der Waals surface area contributed by atoms with E-state index in [4.69, 9.17) is 4.74 Å². The van der Waals surface area contributed by atoms with Crippen LogP contribution >= 0.6 is 11.8 Å². The van der Waals surface area contributed by atoms with Crippen molar-refractivity contribution < 1.29 is 14.3 Å². The molecule has 8 nitrogen and oxygen atoms in total. The van der Waals surface area contributed by atoms with Gasteiger partial charge in [-0.3, -0.25) is 14.2 Å². The fourth-order valence-corrected chi connectivity index (χ4v) is 5.07. The first kappa shape index (κ1) is 22.6. The topological polar surface area (TPSA) is 80.6 Å². The molecule has 0 unspecified atom stereocenters. The van der Waals surface area contributed by atoms with Crippen LogP contribution in [0, 0.1) is 6.92 Å². The van der Waals surface area contributed by atoms with Crippen molar-refractivity contribution in [3.8, 4) is 5.69 Å². The van der Waals surface area contributed by atoms with Crippen LogP contribution in [0.4, 0.5) is 11.6 Å². The van der Waals surface area contributed by atoms with E-state index in [1.165, 1.54) is 17.3 Å². The highest BCUT2D eigenvalue weighted by Crippen LogP contribution is 2.29. The Morgan fingerprint density at radius 1 is 1.03 bits per heavy atom. The molecule has 0 aliphatic carbocycles. The van der Waals surface area contributed by atoms with Crippen LogP contribution in [0.15, 0.2) is 53.7 Å². The van der Waals surface area contributed by atoms with Crippen molar-refractivity contribution in [2.24, 2.45) is 0 Å². The van der Waals surface area contributed by atoms with Gasteiger partial charge in [-0.05, 0) is 37.6 Å². The zero-order valence-electron chi connectivity index (χ0n) is 19.1. The molecular weight excluding hydrogens is 450 g/mol. The predicted octanol–water partition coefficient (Wildman–Crippen LogP) is 3.51. The number of ketones is 1. The third kappa shape index (κ3) is 4.71. The number of aromatic nitrogens is 3. The summed E-state index contributed by atoms with van der Waals surface area (Å²) < 4.78 is 7.51. The fraction of sp³-hybridized carbons (Fsp3) is 0.360. The molecule has 3 aromatic rings. The van der Waals surface area contributed by atoms with Crippen LogP contribution in [0.5, 0.6) is 0 Å². The summed E-state index contributed by atoms with van der Waals surface area (Å²) in [5.74, 6) is 1.09. The van der Waals surface area contributed by atoms with E-state index >= 15 is 0 Å². The van der Waals surface area contributed by atoms with Crippen LogP contribution in [0.25, 0.3) is 5.69 Å². The van der Waals surface area contributed by atoms with Gasteiger partial charge in [0.05, 0.1) is 24.7 Å². The minimum absolute atomic E-state index is 0.00938. The molecule has 176 valence electrons. The van der Waals surface area contributed by atoms with Crippen LogP contribution in [-0.4, -0.2) is 65.1 Å². The third-order valence-corrected chi connectivity index (χ3v) is 7.02. The molecule has 0 saturated carbocycles. The second-order valence-electron chi connectivity index (χ2n) is 8.46. The van der Waals surface area contributed by atoms with Gasteiger partial charge in [0.25, 0.3) is 0 Å². The van der Waals surface area contributed by atoms with Crippen molar-refractivity contribution >= 4 is 35.1 Å². The number of amides is 1. The lowest BCUT2D eigenvalue weighted by molar-refractivity contribution is -0.117. The van der Waals surface area contributed by atoms with E-state index in [0.29, 0.717) is 36.9 Å². The number of hydrogen-bond donors (Lipinski definition) is 0. The summed E-state index contributed by atoms with van der Waals surface area (Å²) in [6.45, 7) is 5.55. The number of Topliss-reactive ketones (excluding diaryl/α,β-unsaturated/α-hetero) is 1. The Kier molecular flexibility index (Phi) is 6.64. The van der Waals surface area contributed by atoms with Gasteiger partial charge in [0.2, 0.25) is 11.9 Å².